The quantitative estimate of drug-likeness (QED) is 0.538. The Morgan fingerprint density at radius 3 is 2.92 bits per heavy atom. The molecule has 1 unspecified atom stereocenters. The summed E-state index contributed by atoms with van der Waals surface area (Å²) < 4.78 is 0. The van der Waals surface area contributed by atoms with E-state index in [1.165, 1.54) is 12.3 Å². The molecule has 1 aromatic heterocycles. The van der Waals surface area contributed by atoms with Crippen molar-refractivity contribution in [3.63, 3.8) is 0 Å². The molecule has 1 atom stereocenters. The summed E-state index contributed by atoms with van der Waals surface area (Å²) in [4.78, 5) is 25.4. The molecule has 0 aliphatic heterocycles. The van der Waals surface area contributed by atoms with E-state index in [2.05, 4.69) is 4.98 Å². The number of aldehydes is 1. The summed E-state index contributed by atoms with van der Waals surface area (Å²) in [6.07, 6.45) is 2.01. The fourth-order valence-electron chi connectivity index (χ4n) is 0.929. The summed E-state index contributed by atoms with van der Waals surface area (Å²) in [5.41, 5.74) is 6.07. The van der Waals surface area contributed by atoms with Crippen LogP contribution in [0.25, 0.3) is 0 Å². The zero-order valence-electron chi connectivity index (χ0n) is 7.23. The summed E-state index contributed by atoms with van der Waals surface area (Å²) in [5.74, 6) is -0.189. The number of pyridine rings is 1. The van der Waals surface area contributed by atoms with Gasteiger partial charge in [-0.2, -0.15) is 0 Å². The highest BCUT2D eigenvalue weighted by Crippen LogP contribution is 2.02. The lowest BCUT2D eigenvalue weighted by Crippen LogP contribution is -2.26. The number of nitrogens with zero attached hydrogens (tertiary/aromatic N) is 1. The summed E-state index contributed by atoms with van der Waals surface area (Å²) in [6.45, 7) is 1.60. The van der Waals surface area contributed by atoms with Crippen molar-refractivity contribution in [1.82, 2.24) is 4.98 Å². The zero-order chi connectivity index (χ0) is 9.84. The standard InChI is InChI=1S/C9H10N2O2/c1-6(10)9(13)7-2-3-11-8(4-7)5-12/h2-6H,10H2,1H3. The Hall–Kier alpha value is -1.55. The van der Waals surface area contributed by atoms with Crippen molar-refractivity contribution < 1.29 is 9.59 Å². The van der Waals surface area contributed by atoms with Gasteiger partial charge >= 0.3 is 0 Å². The van der Waals surface area contributed by atoms with Crippen LogP contribution in [-0.2, 0) is 0 Å². The van der Waals surface area contributed by atoms with E-state index in [0.717, 1.165) is 0 Å². The number of hydrogen-bond donors (Lipinski definition) is 1. The van der Waals surface area contributed by atoms with Gasteiger partial charge in [-0.3, -0.25) is 14.6 Å². The van der Waals surface area contributed by atoms with Gasteiger partial charge in [-0.1, -0.05) is 0 Å². The van der Waals surface area contributed by atoms with E-state index >= 15 is 0 Å². The minimum Gasteiger partial charge on any atom is -0.321 e. The summed E-state index contributed by atoms with van der Waals surface area (Å²) >= 11 is 0. The smallest absolute Gasteiger partial charge is 0.179 e. The monoisotopic (exact) mass is 178 g/mol. The van der Waals surface area contributed by atoms with Gasteiger partial charge in [-0.05, 0) is 19.1 Å². The normalized spacial score (nSPS) is 12.2. The maximum absolute atomic E-state index is 11.3. The fraction of sp³-hybridized carbons (Fsp3) is 0.222. The largest absolute Gasteiger partial charge is 0.321 e. The molecule has 0 spiro atoms. The Morgan fingerprint density at radius 2 is 2.38 bits per heavy atom. The fourth-order valence-corrected chi connectivity index (χ4v) is 0.929. The number of carbonyl (C=O) groups excluding carboxylic acids is 2. The van der Waals surface area contributed by atoms with E-state index in [4.69, 9.17) is 5.73 Å². The third kappa shape index (κ3) is 2.19. The topological polar surface area (TPSA) is 73.1 Å². The lowest BCUT2D eigenvalue weighted by molar-refractivity contribution is 0.0968. The van der Waals surface area contributed by atoms with E-state index in [1.807, 2.05) is 0 Å². The highest BCUT2D eigenvalue weighted by atomic mass is 16.1. The second kappa shape index (κ2) is 3.91. The van der Waals surface area contributed by atoms with Gasteiger partial charge in [0, 0.05) is 11.8 Å². The second-order valence-electron chi connectivity index (χ2n) is 2.74. The number of aromatic nitrogens is 1. The number of rotatable bonds is 3. The van der Waals surface area contributed by atoms with Gasteiger partial charge in [0.25, 0.3) is 0 Å². The van der Waals surface area contributed by atoms with E-state index in [1.54, 1.807) is 13.0 Å². The number of Topliss-reactive ketones (excluding diaryl/α,β-unsaturated/α-hetero) is 1. The molecule has 0 aliphatic rings. The molecule has 68 valence electrons. The van der Waals surface area contributed by atoms with E-state index in [9.17, 15) is 9.59 Å². The van der Waals surface area contributed by atoms with Crippen molar-refractivity contribution in [2.75, 3.05) is 0 Å². The first-order chi connectivity index (χ1) is 6.15. The molecule has 0 aliphatic carbocycles. The molecule has 4 heteroatoms. The van der Waals surface area contributed by atoms with Crippen LogP contribution in [0.3, 0.4) is 0 Å². The van der Waals surface area contributed by atoms with Crippen LogP contribution in [0.4, 0.5) is 0 Å². The molecule has 0 bridgehead atoms. The molecule has 0 fully saturated rings. The molecule has 0 saturated heterocycles. The maximum Gasteiger partial charge on any atom is 0.179 e. The summed E-state index contributed by atoms with van der Waals surface area (Å²) in [7, 11) is 0. The van der Waals surface area contributed by atoms with Crippen molar-refractivity contribution >= 4 is 12.1 Å². The Morgan fingerprint density at radius 1 is 1.69 bits per heavy atom. The van der Waals surface area contributed by atoms with E-state index in [-0.39, 0.29) is 11.5 Å². The lowest BCUT2D eigenvalue weighted by Gasteiger charge is -2.03. The van der Waals surface area contributed by atoms with Crippen molar-refractivity contribution in [3.8, 4) is 0 Å². The molecule has 4 nitrogen and oxygen atoms in total. The molecular weight excluding hydrogens is 168 g/mol. The number of nitrogens with two attached hydrogens (primary N) is 1. The van der Waals surface area contributed by atoms with Crippen LogP contribution in [0, 0.1) is 0 Å². The summed E-state index contributed by atoms with van der Waals surface area (Å²) in [5, 5.41) is 0. The van der Waals surface area contributed by atoms with Gasteiger partial charge in [0.1, 0.15) is 5.69 Å². The Kier molecular flexibility index (Phi) is 2.87. The zero-order valence-corrected chi connectivity index (χ0v) is 7.23. The minimum atomic E-state index is -0.554. The molecule has 1 heterocycles. The maximum atomic E-state index is 11.3. The van der Waals surface area contributed by atoms with Crippen molar-refractivity contribution in [2.45, 2.75) is 13.0 Å². The van der Waals surface area contributed by atoms with Gasteiger partial charge in [0.05, 0.1) is 6.04 Å². The van der Waals surface area contributed by atoms with Crippen molar-refractivity contribution in [3.05, 3.63) is 29.6 Å². The van der Waals surface area contributed by atoms with E-state index in [0.29, 0.717) is 11.8 Å². The highest BCUT2D eigenvalue weighted by Gasteiger charge is 2.10. The van der Waals surface area contributed by atoms with Crippen LogP contribution in [0.15, 0.2) is 18.3 Å². The summed E-state index contributed by atoms with van der Waals surface area (Å²) in [6, 6.07) is 2.42. The Labute approximate surface area is 75.8 Å². The number of carbonyl (C=O) groups is 2. The van der Waals surface area contributed by atoms with Gasteiger partial charge in [-0.15, -0.1) is 0 Å². The average Bonchev–Trinajstić information content (AvgIpc) is 2.16. The highest BCUT2D eigenvalue weighted by molar-refractivity contribution is 6.00. The van der Waals surface area contributed by atoms with Gasteiger partial charge < -0.3 is 5.73 Å². The molecule has 2 N–H and O–H groups in total. The van der Waals surface area contributed by atoms with Crippen LogP contribution >= 0.6 is 0 Å². The van der Waals surface area contributed by atoms with Crippen molar-refractivity contribution in [1.29, 1.82) is 0 Å². The van der Waals surface area contributed by atoms with Crippen LogP contribution in [0.5, 0.6) is 0 Å². The number of hydrogen-bond acceptors (Lipinski definition) is 4. The molecule has 0 amide bonds. The van der Waals surface area contributed by atoms with Crippen LogP contribution in [-0.4, -0.2) is 23.1 Å². The van der Waals surface area contributed by atoms with Crippen LogP contribution in [0.2, 0.25) is 0 Å². The molecule has 13 heavy (non-hydrogen) atoms. The first-order valence-corrected chi connectivity index (χ1v) is 3.86. The van der Waals surface area contributed by atoms with Gasteiger partial charge in [-0.25, -0.2) is 0 Å². The second-order valence-corrected chi connectivity index (χ2v) is 2.74. The van der Waals surface area contributed by atoms with Gasteiger partial charge in [0.15, 0.2) is 12.1 Å². The SMILES string of the molecule is CC(N)C(=O)c1ccnc(C=O)c1. The first-order valence-electron chi connectivity index (χ1n) is 3.86. The first kappa shape index (κ1) is 9.54. The van der Waals surface area contributed by atoms with Crippen LogP contribution < -0.4 is 5.73 Å². The molecule has 0 aromatic carbocycles. The number of ketones is 1. The lowest BCUT2D eigenvalue weighted by atomic mass is 10.1. The Bertz CT molecular complexity index is 334. The van der Waals surface area contributed by atoms with E-state index < -0.39 is 6.04 Å². The molecule has 1 rings (SSSR count). The van der Waals surface area contributed by atoms with Gasteiger partial charge in [0.2, 0.25) is 0 Å². The average molecular weight is 178 g/mol. The molecule has 0 radical (unpaired) electrons. The van der Waals surface area contributed by atoms with Crippen molar-refractivity contribution in [2.24, 2.45) is 5.73 Å². The minimum absolute atomic E-state index is 0.189. The molecule has 0 saturated carbocycles. The third-order valence-electron chi connectivity index (χ3n) is 1.60. The Balaban J connectivity index is 3.01. The molecular formula is C9H10N2O2. The van der Waals surface area contributed by atoms with Crippen LogP contribution in [0.1, 0.15) is 27.8 Å². The molecule has 1 aromatic rings. The predicted octanol–water partition coefficient (Wildman–Crippen LogP) is 0.424. The third-order valence-corrected chi connectivity index (χ3v) is 1.60. The predicted molar refractivity (Wildman–Crippen MR) is 47.6 cm³/mol.